The molecule has 0 saturated heterocycles. The highest BCUT2D eigenvalue weighted by Crippen LogP contribution is 2.16. The number of allylic oxidation sites excluding steroid dienone is 4. The largest absolute Gasteiger partial charge is 0.466 e. The number of nitrogens with one attached hydrogen (secondary N) is 1. The van der Waals surface area contributed by atoms with E-state index in [0.717, 1.165) is 70.6 Å². The molecule has 354 valence electrons. The van der Waals surface area contributed by atoms with Crippen LogP contribution in [-0.2, 0) is 14.3 Å². The second kappa shape index (κ2) is 50.0. The third-order valence-electron chi connectivity index (χ3n) is 12.2. The van der Waals surface area contributed by atoms with Crippen molar-refractivity contribution in [1.29, 1.82) is 0 Å². The first-order valence-corrected chi connectivity index (χ1v) is 26.6. The van der Waals surface area contributed by atoms with E-state index in [1.807, 2.05) is 0 Å². The molecule has 0 bridgehead atoms. The van der Waals surface area contributed by atoms with Gasteiger partial charge < -0.3 is 20.3 Å². The molecule has 0 radical (unpaired) electrons. The fourth-order valence-electron chi connectivity index (χ4n) is 8.10. The van der Waals surface area contributed by atoms with E-state index in [-0.39, 0.29) is 18.5 Å². The molecule has 0 aliphatic heterocycles. The zero-order chi connectivity index (χ0) is 43.7. The van der Waals surface area contributed by atoms with Crippen LogP contribution < -0.4 is 5.32 Å². The highest BCUT2D eigenvalue weighted by molar-refractivity contribution is 5.76. The molecule has 6 heteroatoms. The van der Waals surface area contributed by atoms with Crippen LogP contribution in [0.1, 0.15) is 284 Å². The van der Waals surface area contributed by atoms with Crippen molar-refractivity contribution in [3.8, 4) is 0 Å². The number of carbonyl (C=O) groups is 2. The predicted octanol–water partition coefficient (Wildman–Crippen LogP) is 15.9. The van der Waals surface area contributed by atoms with Gasteiger partial charge >= 0.3 is 5.97 Å². The summed E-state index contributed by atoms with van der Waals surface area (Å²) in [7, 11) is 0. The van der Waals surface area contributed by atoms with E-state index in [1.165, 1.54) is 180 Å². The van der Waals surface area contributed by atoms with Crippen molar-refractivity contribution in [2.45, 2.75) is 296 Å². The van der Waals surface area contributed by atoms with E-state index in [2.05, 4.69) is 43.5 Å². The number of aliphatic hydroxyl groups excluding tert-OH is 2. The van der Waals surface area contributed by atoms with Gasteiger partial charge in [0.05, 0.1) is 25.4 Å². The van der Waals surface area contributed by atoms with Gasteiger partial charge in [-0.25, -0.2) is 0 Å². The van der Waals surface area contributed by atoms with E-state index in [1.54, 1.807) is 0 Å². The average molecular weight is 846 g/mol. The number of carbonyl (C=O) groups excluding carboxylic acids is 2. The topological polar surface area (TPSA) is 95.9 Å². The highest BCUT2D eigenvalue weighted by Gasteiger charge is 2.20. The number of esters is 1. The summed E-state index contributed by atoms with van der Waals surface area (Å²) in [5.41, 5.74) is 0. The molecule has 0 aliphatic carbocycles. The molecule has 3 N–H and O–H groups in total. The molecule has 2 atom stereocenters. The van der Waals surface area contributed by atoms with Gasteiger partial charge in [-0.05, 0) is 77.0 Å². The Bertz CT molecular complexity index is 935. The fourth-order valence-corrected chi connectivity index (χ4v) is 8.10. The number of hydrogen-bond acceptors (Lipinski definition) is 5. The molecule has 0 aromatic rings. The predicted molar refractivity (Wildman–Crippen MR) is 260 cm³/mol. The van der Waals surface area contributed by atoms with Crippen LogP contribution in [0.3, 0.4) is 0 Å². The minimum Gasteiger partial charge on any atom is -0.466 e. The average Bonchev–Trinajstić information content (AvgIpc) is 3.25. The molecule has 0 rings (SSSR count). The number of unbranched alkanes of at least 4 members (excludes halogenated alkanes) is 34. The van der Waals surface area contributed by atoms with Crippen LogP contribution in [0.15, 0.2) is 24.3 Å². The smallest absolute Gasteiger partial charge is 0.305 e. The molecule has 6 nitrogen and oxygen atoms in total. The van der Waals surface area contributed by atoms with Crippen LogP contribution in [0.5, 0.6) is 0 Å². The van der Waals surface area contributed by atoms with E-state index >= 15 is 0 Å². The number of aliphatic hydroxyl groups is 2. The monoisotopic (exact) mass is 846 g/mol. The first-order valence-electron chi connectivity index (χ1n) is 26.6. The van der Waals surface area contributed by atoms with E-state index < -0.39 is 12.1 Å². The summed E-state index contributed by atoms with van der Waals surface area (Å²) in [5.74, 6) is -0.0854. The van der Waals surface area contributed by atoms with Gasteiger partial charge in [-0.3, -0.25) is 9.59 Å². The normalized spacial score (nSPS) is 12.8. The fraction of sp³-hybridized carbons (Fsp3) is 0.889. The molecule has 0 aromatic carbocycles. The quantitative estimate of drug-likeness (QED) is 0.0322. The lowest BCUT2D eigenvalue weighted by Gasteiger charge is -2.22. The Morgan fingerprint density at radius 1 is 0.450 bits per heavy atom. The van der Waals surface area contributed by atoms with Gasteiger partial charge in [-0.2, -0.15) is 0 Å². The summed E-state index contributed by atoms with van der Waals surface area (Å²) in [6.45, 7) is 4.90. The summed E-state index contributed by atoms with van der Waals surface area (Å²) in [4.78, 5) is 24.5. The molecule has 0 heterocycles. The molecule has 0 saturated carbocycles. The molecule has 0 aromatic heterocycles. The van der Waals surface area contributed by atoms with Gasteiger partial charge in [0.25, 0.3) is 0 Å². The number of rotatable bonds is 49. The maximum absolute atomic E-state index is 12.4. The first-order chi connectivity index (χ1) is 29.5. The molecular weight excluding hydrogens is 743 g/mol. The second-order valence-corrected chi connectivity index (χ2v) is 18.2. The second-order valence-electron chi connectivity index (χ2n) is 18.2. The maximum atomic E-state index is 12.4. The van der Waals surface area contributed by atoms with Crippen molar-refractivity contribution in [2.75, 3.05) is 13.2 Å². The molecule has 0 spiro atoms. The molecular formula is C54H103NO5. The molecule has 0 fully saturated rings. The van der Waals surface area contributed by atoms with Crippen molar-refractivity contribution in [3.63, 3.8) is 0 Å². The van der Waals surface area contributed by atoms with Gasteiger partial charge in [0.15, 0.2) is 0 Å². The Kier molecular flexibility index (Phi) is 48.6. The van der Waals surface area contributed by atoms with E-state index in [9.17, 15) is 19.8 Å². The minimum absolute atomic E-state index is 0.0211. The van der Waals surface area contributed by atoms with Crippen molar-refractivity contribution < 1.29 is 24.5 Å². The van der Waals surface area contributed by atoms with Gasteiger partial charge in [0.2, 0.25) is 5.91 Å². The lowest BCUT2D eigenvalue weighted by Crippen LogP contribution is -2.45. The Morgan fingerprint density at radius 2 is 0.783 bits per heavy atom. The van der Waals surface area contributed by atoms with Gasteiger partial charge in [0.1, 0.15) is 0 Å². The lowest BCUT2D eigenvalue weighted by atomic mass is 10.0. The summed E-state index contributed by atoms with van der Waals surface area (Å²) in [5, 5.41) is 23.2. The number of ether oxygens (including phenoxy) is 1. The highest BCUT2D eigenvalue weighted by atomic mass is 16.5. The van der Waals surface area contributed by atoms with Crippen molar-refractivity contribution in [3.05, 3.63) is 24.3 Å². The Hall–Kier alpha value is -1.66. The zero-order valence-electron chi connectivity index (χ0n) is 40.2. The SMILES string of the molecule is CCCCCCC/C=C\CCCCCCCC(=O)OCCCCCCCC/C=C\CCCCCC(=O)NC(CO)C(O)CCCCCCCCCCCCCCCCCC. The Labute approximate surface area is 373 Å². The van der Waals surface area contributed by atoms with Crippen molar-refractivity contribution in [2.24, 2.45) is 0 Å². The minimum atomic E-state index is -0.681. The third-order valence-corrected chi connectivity index (χ3v) is 12.2. The van der Waals surface area contributed by atoms with Gasteiger partial charge in [-0.15, -0.1) is 0 Å². The van der Waals surface area contributed by atoms with E-state index in [4.69, 9.17) is 4.74 Å². The lowest BCUT2D eigenvalue weighted by molar-refractivity contribution is -0.143. The molecule has 60 heavy (non-hydrogen) atoms. The third kappa shape index (κ3) is 45.9. The number of hydrogen-bond donors (Lipinski definition) is 3. The summed E-state index contributed by atoms with van der Waals surface area (Å²) < 4.78 is 5.45. The van der Waals surface area contributed by atoms with Crippen LogP contribution in [0.2, 0.25) is 0 Å². The van der Waals surface area contributed by atoms with Crippen LogP contribution in [0.4, 0.5) is 0 Å². The van der Waals surface area contributed by atoms with Crippen molar-refractivity contribution in [1.82, 2.24) is 5.32 Å². The van der Waals surface area contributed by atoms with Crippen LogP contribution >= 0.6 is 0 Å². The van der Waals surface area contributed by atoms with Crippen LogP contribution in [0.25, 0.3) is 0 Å². The number of amides is 1. The molecule has 1 amide bonds. The summed E-state index contributed by atoms with van der Waals surface area (Å²) in [6, 6.07) is -0.562. The maximum Gasteiger partial charge on any atom is 0.305 e. The van der Waals surface area contributed by atoms with Crippen molar-refractivity contribution >= 4 is 11.9 Å². The molecule has 0 aliphatic rings. The van der Waals surface area contributed by atoms with Crippen LogP contribution in [-0.4, -0.2) is 47.4 Å². The molecule has 2 unspecified atom stereocenters. The Balaban J connectivity index is 3.50. The Morgan fingerprint density at radius 3 is 1.20 bits per heavy atom. The first kappa shape index (κ1) is 58.3. The zero-order valence-corrected chi connectivity index (χ0v) is 40.2. The van der Waals surface area contributed by atoms with Crippen LogP contribution in [0, 0.1) is 0 Å². The van der Waals surface area contributed by atoms with Gasteiger partial charge in [0, 0.05) is 12.8 Å². The summed E-state index contributed by atoms with van der Waals surface area (Å²) in [6.07, 6.45) is 58.6. The summed E-state index contributed by atoms with van der Waals surface area (Å²) >= 11 is 0. The van der Waals surface area contributed by atoms with E-state index in [0.29, 0.717) is 25.9 Å². The van der Waals surface area contributed by atoms with Gasteiger partial charge in [-0.1, -0.05) is 218 Å². The standard InChI is InChI=1S/C54H103NO5/c1-3-5-7-9-11-13-15-17-19-20-22-26-30-34-38-42-46-52(57)51(50-56)55-53(58)47-43-39-35-31-27-23-21-25-29-33-37-41-45-49-60-54(59)48-44-40-36-32-28-24-18-16-14-12-10-8-6-4-2/h16,18,23,27,51-52,56-57H,3-15,17,19-22,24-26,28-50H2,1-2H3,(H,55,58)/b18-16-,27-23-.